The van der Waals surface area contributed by atoms with Crippen LogP contribution in [0.2, 0.25) is 0 Å². The topological polar surface area (TPSA) is 58.3 Å². The quantitative estimate of drug-likeness (QED) is 0.452. The highest BCUT2D eigenvalue weighted by molar-refractivity contribution is 4.80. The summed E-state index contributed by atoms with van der Waals surface area (Å²) in [6.07, 6.45) is 1.72. The number of hydrogen-bond donors (Lipinski definition) is 3. The van der Waals surface area contributed by atoms with Crippen molar-refractivity contribution >= 4 is 0 Å². The van der Waals surface area contributed by atoms with Crippen LogP contribution in [-0.2, 0) is 0 Å². The molecule has 3 nitrogen and oxygen atoms in total. The second-order valence-corrected chi connectivity index (χ2v) is 2.57. The summed E-state index contributed by atoms with van der Waals surface area (Å²) in [7, 11) is 0. The minimum absolute atomic E-state index is 0.137. The standard InChI is InChI=1S/C6H14N2O/c7-2-1-5-3-6(9)4-8-5/h5-6,8-9H,1-4,7H2. The largest absolute Gasteiger partial charge is 0.392 e. The Balaban J connectivity index is 2.14. The molecule has 0 radical (unpaired) electrons. The van der Waals surface area contributed by atoms with Gasteiger partial charge in [0.15, 0.2) is 0 Å². The summed E-state index contributed by atoms with van der Waals surface area (Å²) in [5.41, 5.74) is 5.33. The van der Waals surface area contributed by atoms with Crippen molar-refractivity contribution in [2.24, 2.45) is 5.73 Å². The first kappa shape index (κ1) is 6.99. The number of β-amino-alcohol motifs (C(OH)–C–C–N with tert-alkyl or cyclic N) is 1. The molecule has 1 saturated heterocycles. The third-order valence-electron chi connectivity index (χ3n) is 1.71. The van der Waals surface area contributed by atoms with Crippen molar-refractivity contribution in [1.82, 2.24) is 5.32 Å². The number of nitrogens with one attached hydrogen (secondary N) is 1. The maximum Gasteiger partial charge on any atom is 0.0679 e. The van der Waals surface area contributed by atoms with Gasteiger partial charge in [-0.3, -0.25) is 0 Å². The predicted molar refractivity (Wildman–Crippen MR) is 36.1 cm³/mol. The SMILES string of the molecule is NCCC1CC(O)CN1. The minimum atomic E-state index is -0.137. The Morgan fingerprint density at radius 1 is 1.67 bits per heavy atom. The van der Waals surface area contributed by atoms with E-state index in [2.05, 4.69) is 5.32 Å². The highest BCUT2D eigenvalue weighted by Crippen LogP contribution is 2.07. The van der Waals surface area contributed by atoms with E-state index in [1.54, 1.807) is 0 Å². The van der Waals surface area contributed by atoms with E-state index in [1.807, 2.05) is 0 Å². The maximum atomic E-state index is 9.02. The zero-order chi connectivity index (χ0) is 6.69. The van der Waals surface area contributed by atoms with Gasteiger partial charge in [-0.25, -0.2) is 0 Å². The van der Waals surface area contributed by atoms with Gasteiger partial charge in [-0.1, -0.05) is 0 Å². The molecule has 0 bridgehead atoms. The molecule has 3 heteroatoms. The van der Waals surface area contributed by atoms with E-state index in [-0.39, 0.29) is 6.10 Å². The van der Waals surface area contributed by atoms with E-state index in [9.17, 15) is 0 Å². The molecule has 9 heavy (non-hydrogen) atoms. The molecule has 54 valence electrons. The Morgan fingerprint density at radius 3 is 2.89 bits per heavy atom. The highest BCUT2D eigenvalue weighted by atomic mass is 16.3. The Kier molecular flexibility index (Phi) is 2.45. The number of nitrogens with two attached hydrogens (primary N) is 1. The zero-order valence-electron chi connectivity index (χ0n) is 5.51. The first-order valence-electron chi connectivity index (χ1n) is 3.44. The van der Waals surface area contributed by atoms with Gasteiger partial charge in [0, 0.05) is 12.6 Å². The van der Waals surface area contributed by atoms with Crippen molar-refractivity contribution < 1.29 is 5.11 Å². The molecule has 2 unspecified atom stereocenters. The summed E-state index contributed by atoms with van der Waals surface area (Å²) in [5.74, 6) is 0. The summed E-state index contributed by atoms with van der Waals surface area (Å²) >= 11 is 0. The monoisotopic (exact) mass is 130 g/mol. The Bertz CT molecular complexity index is 85.1. The lowest BCUT2D eigenvalue weighted by Gasteiger charge is -2.05. The third kappa shape index (κ3) is 1.93. The van der Waals surface area contributed by atoms with Crippen LogP contribution in [0.5, 0.6) is 0 Å². The molecule has 0 aromatic carbocycles. The molecule has 4 N–H and O–H groups in total. The first-order valence-corrected chi connectivity index (χ1v) is 3.44. The normalized spacial score (nSPS) is 35.3. The lowest BCUT2D eigenvalue weighted by atomic mass is 10.1. The fraction of sp³-hybridized carbons (Fsp3) is 1.00. The van der Waals surface area contributed by atoms with E-state index in [0.717, 1.165) is 19.4 Å². The van der Waals surface area contributed by atoms with E-state index in [1.165, 1.54) is 0 Å². The van der Waals surface area contributed by atoms with Crippen molar-refractivity contribution in [3.05, 3.63) is 0 Å². The van der Waals surface area contributed by atoms with E-state index in [0.29, 0.717) is 12.6 Å². The molecule has 1 rings (SSSR count). The Hall–Kier alpha value is -0.120. The van der Waals surface area contributed by atoms with Gasteiger partial charge in [-0.15, -0.1) is 0 Å². The van der Waals surface area contributed by atoms with Crippen LogP contribution in [0.4, 0.5) is 0 Å². The second-order valence-electron chi connectivity index (χ2n) is 2.57. The van der Waals surface area contributed by atoms with Gasteiger partial charge in [0.1, 0.15) is 0 Å². The summed E-state index contributed by atoms with van der Waals surface area (Å²) in [6, 6.07) is 0.463. The molecule has 0 amide bonds. The highest BCUT2D eigenvalue weighted by Gasteiger charge is 2.20. The van der Waals surface area contributed by atoms with Gasteiger partial charge in [-0.2, -0.15) is 0 Å². The average molecular weight is 130 g/mol. The van der Waals surface area contributed by atoms with Crippen LogP contribution in [-0.4, -0.2) is 30.3 Å². The van der Waals surface area contributed by atoms with Crippen molar-refractivity contribution in [3.8, 4) is 0 Å². The molecule has 0 aliphatic carbocycles. The predicted octanol–water partition coefficient (Wildman–Crippen LogP) is -0.942. The van der Waals surface area contributed by atoms with Crippen LogP contribution in [0.3, 0.4) is 0 Å². The molecule has 2 atom stereocenters. The molecule has 1 fully saturated rings. The lowest BCUT2D eigenvalue weighted by Crippen LogP contribution is -2.24. The van der Waals surface area contributed by atoms with E-state index in [4.69, 9.17) is 10.8 Å². The van der Waals surface area contributed by atoms with Crippen LogP contribution >= 0.6 is 0 Å². The zero-order valence-corrected chi connectivity index (χ0v) is 5.51. The van der Waals surface area contributed by atoms with Crippen molar-refractivity contribution in [3.63, 3.8) is 0 Å². The van der Waals surface area contributed by atoms with Crippen LogP contribution in [0, 0.1) is 0 Å². The lowest BCUT2D eigenvalue weighted by molar-refractivity contribution is 0.193. The first-order chi connectivity index (χ1) is 4.33. The summed E-state index contributed by atoms with van der Waals surface area (Å²) in [4.78, 5) is 0. The van der Waals surface area contributed by atoms with Gasteiger partial charge in [0.25, 0.3) is 0 Å². The van der Waals surface area contributed by atoms with Gasteiger partial charge >= 0.3 is 0 Å². The van der Waals surface area contributed by atoms with Crippen LogP contribution < -0.4 is 11.1 Å². The molecule has 0 saturated carbocycles. The van der Waals surface area contributed by atoms with E-state index < -0.39 is 0 Å². The summed E-state index contributed by atoms with van der Waals surface area (Å²) in [6.45, 7) is 1.45. The Labute approximate surface area is 55.2 Å². The second kappa shape index (κ2) is 3.15. The Morgan fingerprint density at radius 2 is 2.44 bits per heavy atom. The summed E-state index contributed by atoms with van der Waals surface area (Å²) < 4.78 is 0. The number of aliphatic hydroxyl groups is 1. The van der Waals surface area contributed by atoms with Crippen molar-refractivity contribution in [2.45, 2.75) is 25.0 Å². The minimum Gasteiger partial charge on any atom is -0.392 e. The fourth-order valence-electron chi connectivity index (χ4n) is 1.22. The average Bonchev–Trinajstić information content (AvgIpc) is 2.17. The van der Waals surface area contributed by atoms with Gasteiger partial charge in [-0.05, 0) is 19.4 Å². The molecule has 0 aromatic heterocycles. The van der Waals surface area contributed by atoms with E-state index >= 15 is 0 Å². The molecule has 1 aliphatic heterocycles. The van der Waals surface area contributed by atoms with Crippen LogP contribution in [0.25, 0.3) is 0 Å². The van der Waals surface area contributed by atoms with Gasteiger partial charge in [0.2, 0.25) is 0 Å². The van der Waals surface area contributed by atoms with Gasteiger partial charge < -0.3 is 16.2 Å². The third-order valence-corrected chi connectivity index (χ3v) is 1.71. The van der Waals surface area contributed by atoms with Crippen molar-refractivity contribution in [1.29, 1.82) is 0 Å². The molecule has 0 aromatic rings. The molecule has 0 spiro atoms. The fourth-order valence-corrected chi connectivity index (χ4v) is 1.22. The molecular weight excluding hydrogens is 116 g/mol. The molecule has 1 aliphatic rings. The smallest absolute Gasteiger partial charge is 0.0679 e. The summed E-state index contributed by atoms with van der Waals surface area (Å²) in [5, 5.41) is 12.2. The number of aliphatic hydroxyl groups excluding tert-OH is 1. The van der Waals surface area contributed by atoms with Crippen LogP contribution in [0.1, 0.15) is 12.8 Å². The number of hydrogen-bond acceptors (Lipinski definition) is 3. The van der Waals surface area contributed by atoms with Crippen molar-refractivity contribution in [2.75, 3.05) is 13.1 Å². The molecular formula is C6H14N2O. The number of rotatable bonds is 2. The molecule has 1 heterocycles. The van der Waals surface area contributed by atoms with Crippen LogP contribution in [0.15, 0.2) is 0 Å². The maximum absolute atomic E-state index is 9.02. The van der Waals surface area contributed by atoms with Gasteiger partial charge in [0.05, 0.1) is 6.10 Å².